The van der Waals surface area contributed by atoms with Crippen molar-refractivity contribution in [3.63, 3.8) is 0 Å². The van der Waals surface area contributed by atoms with Gasteiger partial charge in [0.1, 0.15) is 0 Å². The third kappa shape index (κ3) is 4.55. The molecule has 0 fully saturated rings. The Kier molecular flexibility index (Phi) is 6.32. The second kappa shape index (κ2) is 7.98. The summed E-state index contributed by atoms with van der Waals surface area (Å²) in [6.45, 7) is 0.240. The van der Waals surface area contributed by atoms with Gasteiger partial charge in [0, 0.05) is 18.1 Å². The van der Waals surface area contributed by atoms with Gasteiger partial charge in [0.15, 0.2) is 11.5 Å². The maximum atomic E-state index is 12.0. The summed E-state index contributed by atoms with van der Waals surface area (Å²) in [4.78, 5) is 22.3. The summed E-state index contributed by atoms with van der Waals surface area (Å²) in [5.41, 5.74) is 0.331. The first kappa shape index (κ1) is 16.6. The van der Waals surface area contributed by atoms with Gasteiger partial charge in [0.25, 0.3) is 5.91 Å². The summed E-state index contributed by atoms with van der Waals surface area (Å²) in [7, 11) is 4.39. The average molecular weight is 296 g/mol. The number of carbonyl (C=O) groups is 2. The van der Waals surface area contributed by atoms with Gasteiger partial charge in [-0.25, -0.2) is 0 Å². The number of carbonyl (C=O) groups excluding carboxylic acids is 2. The van der Waals surface area contributed by atoms with Gasteiger partial charge in [0.2, 0.25) is 5.75 Å². The van der Waals surface area contributed by atoms with Crippen LogP contribution in [-0.4, -0.2) is 39.8 Å². The van der Waals surface area contributed by atoms with Gasteiger partial charge in [-0.2, -0.15) is 0 Å². The van der Waals surface area contributed by atoms with Gasteiger partial charge in [-0.1, -0.05) is 0 Å². The van der Waals surface area contributed by atoms with Crippen molar-refractivity contribution in [3.8, 4) is 17.2 Å². The summed E-state index contributed by atoms with van der Waals surface area (Å²) >= 11 is 0. The molecule has 21 heavy (non-hydrogen) atoms. The average Bonchev–Trinajstić information content (AvgIpc) is 2.49. The molecule has 0 aromatic heterocycles. The SMILES string of the molecule is COc1cc(C(=O)NCCCC(=O)[O-])cc(OC)c1OC. The minimum Gasteiger partial charge on any atom is -0.550 e. The minimum absolute atomic E-state index is 0.102. The van der Waals surface area contributed by atoms with Crippen LogP contribution in [0.4, 0.5) is 0 Å². The Bertz CT molecular complexity index is 489. The fraction of sp³-hybridized carbons (Fsp3) is 0.429. The number of benzene rings is 1. The number of ether oxygens (including phenoxy) is 3. The molecule has 7 heteroatoms. The first-order valence-electron chi connectivity index (χ1n) is 6.31. The predicted molar refractivity (Wildman–Crippen MR) is 72.7 cm³/mol. The molecule has 1 aromatic carbocycles. The highest BCUT2D eigenvalue weighted by Crippen LogP contribution is 2.38. The van der Waals surface area contributed by atoms with Crippen LogP contribution >= 0.6 is 0 Å². The van der Waals surface area contributed by atoms with Crippen LogP contribution in [0.1, 0.15) is 23.2 Å². The molecule has 0 bridgehead atoms. The Hall–Kier alpha value is -2.44. The van der Waals surface area contributed by atoms with E-state index in [1.165, 1.54) is 33.5 Å². The molecule has 116 valence electrons. The third-order valence-corrected chi connectivity index (χ3v) is 2.77. The first-order valence-corrected chi connectivity index (χ1v) is 6.31. The van der Waals surface area contributed by atoms with Gasteiger partial charge in [-0.3, -0.25) is 4.79 Å². The fourth-order valence-corrected chi connectivity index (χ4v) is 1.75. The Labute approximate surface area is 122 Å². The Morgan fingerprint density at radius 1 is 1.10 bits per heavy atom. The van der Waals surface area contributed by atoms with Crippen molar-refractivity contribution in [1.82, 2.24) is 5.32 Å². The number of hydrogen-bond donors (Lipinski definition) is 1. The molecule has 0 aliphatic carbocycles. The molecule has 0 aliphatic heterocycles. The quantitative estimate of drug-likeness (QED) is 0.677. The van der Waals surface area contributed by atoms with Crippen molar-refractivity contribution in [2.75, 3.05) is 27.9 Å². The van der Waals surface area contributed by atoms with E-state index in [0.29, 0.717) is 29.2 Å². The molecular weight excluding hydrogens is 278 g/mol. The molecule has 1 N–H and O–H groups in total. The van der Waals surface area contributed by atoms with E-state index < -0.39 is 5.97 Å². The van der Waals surface area contributed by atoms with Crippen molar-refractivity contribution >= 4 is 11.9 Å². The monoisotopic (exact) mass is 296 g/mol. The molecular formula is C14H18NO6-. The van der Waals surface area contributed by atoms with Crippen LogP contribution in [0.3, 0.4) is 0 Å². The van der Waals surface area contributed by atoms with Crippen LogP contribution in [0.2, 0.25) is 0 Å². The molecule has 0 heterocycles. The van der Waals surface area contributed by atoms with E-state index in [1.54, 1.807) is 0 Å². The highest BCUT2D eigenvalue weighted by molar-refractivity contribution is 5.95. The normalized spacial score (nSPS) is 9.86. The highest BCUT2D eigenvalue weighted by Gasteiger charge is 2.16. The third-order valence-electron chi connectivity index (χ3n) is 2.77. The molecule has 0 atom stereocenters. The van der Waals surface area contributed by atoms with Crippen molar-refractivity contribution in [1.29, 1.82) is 0 Å². The summed E-state index contributed by atoms with van der Waals surface area (Å²) in [5, 5.41) is 12.9. The Morgan fingerprint density at radius 2 is 1.67 bits per heavy atom. The van der Waals surface area contributed by atoms with Gasteiger partial charge in [-0.15, -0.1) is 0 Å². The molecule has 7 nitrogen and oxygen atoms in total. The van der Waals surface area contributed by atoms with E-state index in [-0.39, 0.29) is 18.9 Å². The van der Waals surface area contributed by atoms with Crippen molar-refractivity contribution in [2.24, 2.45) is 0 Å². The number of methoxy groups -OCH3 is 3. The number of carboxylic acids is 1. The summed E-state index contributed by atoms with van der Waals surface area (Å²) in [6, 6.07) is 3.05. The van der Waals surface area contributed by atoms with Crippen molar-refractivity contribution in [3.05, 3.63) is 17.7 Å². The molecule has 0 saturated heterocycles. The molecule has 0 unspecified atom stereocenters. The fourth-order valence-electron chi connectivity index (χ4n) is 1.75. The molecule has 1 aromatic rings. The smallest absolute Gasteiger partial charge is 0.251 e. The van der Waals surface area contributed by atoms with Gasteiger partial charge < -0.3 is 29.4 Å². The predicted octanol–water partition coefficient (Wildman–Crippen LogP) is -0.0277. The standard InChI is InChI=1S/C14H19NO6/c1-19-10-7-9(8-11(20-2)13(10)21-3)14(18)15-6-4-5-12(16)17/h7-8H,4-6H2,1-3H3,(H,15,18)(H,16,17)/p-1. The van der Waals surface area contributed by atoms with Crippen LogP contribution in [0.25, 0.3) is 0 Å². The topological polar surface area (TPSA) is 96.9 Å². The molecule has 0 saturated carbocycles. The number of hydrogen-bond acceptors (Lipinski definition) is 6. The van der Waals surface area contributed by atoms with E-state index in [9.17, 15) is 14.7 Å². The second-order valence-corrected chi connectivity index (χ2v) is 4.15. The van der Waals surface area contributed by atoms with E-state index in [0.717, 1.165) is 0 Å². The number of rotatable bonds is 8. The lowest BCUT2D eigenvalue weighted by atomic mass is 10.1. The first-order chi connectivity index (χ1) is 10.0. The Balaban J connectivity index is 2.82. The van der Waals surface area contributed by atoms with Crippen LogP contribution in [-0.2, 0) is 4.79 Å². The van der Waals surface area contributed by atoms with Gasteiger partial charge >= 0.3 is 0 Å². The number of amides is 1. The largest absolute Gasteiger partial charge is 0.550 e. The lowest BCUT2D eigenvalue weighted by Gasteiger charge is -2.14. The van der Waals surface area contributed by atoms with Crippen LogP contribution in [0.5, 0.6) is 17.2 Å². The molecule has 1 amide bonds. The molecule has 0 aliphatic rings. The van der Waals surface area contributed by atoms with Gasteiger partial charge in [0.05, 0.1) is 21.3 Å². The minimum atomic E-state index is -1.14. The maximum absolute atomic E-state index is 12.0. The summed E-state index contributed by atoms with van der Waals surface area (Å²) in [5.74, 6) is -0.355. The number of aliphatic carboxylic acids is 1. The zero-order valence-electron chi connectivity index (χ0n) is 12.2. The van der Waals surface area contributed by atoms with Crippen LogP contribution in [0.15, 0.2) is 12.1 Å². The van der Waals surface area contributed by atoms with Crippen molar-refractivity contribution < 1.29 is 28.9 Å². The van der Waals surface area contributed by atoms with Crippen molar-refractivity contribution in [2.45, 2.75) is 12.8 Å². The molecule has 0 radical (unpaired) electrons. The maximum Gasteiger partial charge on any atom is 0.251 e. The second-order valence-electron chi connectivity index (χ2n) is 4.15. The lowest BCUT2D eigenvalue weighted by Crippen LogP contribution is -2.27. The van der Waals surface area contributed by atoms with E-state index >= 15 is 0 Å². The molecule has 0 spiro atoms. The summed E-state index contributed by atoms with van der Waals surface area (Å²) in [6.07, 6.45) is 0.202. The van der Waals surface area contributed by atoms with Crippen LogP contribution < -0.4 is 24.6 Å². The Morgan fingerprint density at radius 3 is 2.10 bits per heavy atom. The summed E-state index contributed by atoms with van der Waals surface area (Å²) < 4.78 is 15.5. The van der Waals surface area contributed by atoms with Gasteiger partial charge in [-0.05, 0) is 25.0 Å². The number of carboxylic acid groups (broad SMARTS) is 1. The number of nitrogens with one attached hydrogen (secondary N) is 1. The van der Waals surface area contributed by atoms with Crippen LogP contribution in [0, 0.1) is 0 Å². The molecule has 1 rings (SSSR count). The zero-order valence-corrected chi connectivity index (χ0v) is 12.2. The lowest BCUT2D eigenvalue weighted by molar-refractivity contribution is -0.305. The van der Waals surface area contributed by atoms with E-state index in [1.807, 2.05) is 0 Å². The zero-order chi connectivity index (χ0) is 15.8. The highest BCUT2D eigenvalue weighted by atomic mass is 16.5. The van der Waals surface area contributed by atoms with E-state index in [4.69, 9.17) is 14.2 Å². The van der Waals surface area contributed by atoms with E-state index in [2.05, 4.69) is 5.32 Å².